The van der Waals surface area contributed by atoms with E-state index in [1.165, 1.54) is 40.6 Å². The Balaban J connectivity index is 1.72. The molecule has 1 amide bonds. The van der Waals surface area contributed by atoms with E-state index in [9.17, 15) is 18.0 Å². The number of hydrogen-bond acceptors (Lipinski definition) is 5. The molecule has 1 fully saturated rings. The summed E-state index contributed by atoms with van der Waals surface area (Å²) < 4.78 is 32.5. The summed E-state index contributed by atoms with van der Waals surface area (Å²) in [5.41, 5.74) is 0.896. The molecule has 0 saturated carbocycles. The lowest BCUT2D eigenvalue weighted by molar-refractivity contribution is 0.0696. The van der Waals surface area contributed by atoms with Gasteiger partial charge in [-0.15, -0.1) is 0 Å². The highest BCUT2D eigenvalue weighted by molar-refractivity contribution is 7.89. The van der Waals surface area contributed by atoms with Crippen LogP contribution in [0.3, 0.4) is 0 Å². The van der Waals surface area contributed by atoms with Crippen molar-refractivity contribution in [2.75, 3.05) is 33.3 Å². The molecule has 0 bridgehead atoms. The summed E-state index contributed by atoms with van der Waals surface area (Å²) in [7, 11) is -2.17. The van der Waals surface area contributed by atoms with Crippen LogP contribution in [0.2, 0.25) is 0 Å². The highest BCUT2D eigenvalue weighted by Gasteiger charge is 2.31. The number of carbonyl (C=O) groups excluding carboxylic acids is 1. The molecule has 2 aromatic carbocycles. The van der Waals surface area contributed by atoms with Crippen LogP contribution >= 0.6 is 0 Å². The van der Waals surface area contributed by atoms with Crippen LogP contribution in [0.5, 0.6) is 5.75 Å². The number of carbonyl (C=O) groups is 2. The molecule has 0 atom stereocenters. The van der Waals surface area contributed by atoms with E-state index in [4.69, 9.17) is 9.84 Å². The fourth-order valence-electron chi connectivity index (χ4n) is 3.28. The fraction of sp³-hybridized carbons (Fsp3) is 0.300. The van der Waals surface area contributed by atoms with Gasteiger partial charge in [-0.1, -0.05) is 6.07 Å². The van der Waals surface area contributed by atoms with Crippen molar-refractivity contribution >= 4 is 21.9 Å². The van der Waals surface area contributed by atoms with Crippen molar-refractivity contribution in [1.29, 1.82) is 0 Å². The quantitative estimate of drug-likeness (QED) is 0.795. The average molecular weight is 418 g/mol. The van der Waals surface area contributed by atoms with Crippen molar-refractivity contribution in [3.05, 3.63) is 59.2 Å². The van der Waals surface area contributed by atoms with Crippen molar-refractivity contribution in [3.63, 3.8) is 0 Å². The van der Waals surface area contributed by atoms with Crippen molar-refractivity contribution < 1.29 is 27.9 Å². The molecule has 2 aromatic rings. The molecule has 0 radical (unpaired) electrons. The number of ether oxygens (including phenoxy) is 1. The van der Waals surface area contributed by atoms with Gasteiger partial charge in [0.05, 0.1) is 17.6 Å². The first-order valence-electron chi connectivity index (χ1n) is 9.01. The van der Waals surface area contributed by atoms with Crippen LogP contribution < -0.4 is 4.74 Å². The lowest BCUT2D eigenvalue weighted by Gasteiger charge is -2.34. The van der Waals surface area contributed by atoms with Crippen molar-refractivity contribution in [3.8, 4) is 5.75 Å². The number of aromatic carboxylic acids is 1. The molecule has 9 heteroatoms. The number of nitrogens with zero attached hydrogens (tertiary/aromatic N) is 2. The molecular weight excluding hydrogens is 396 g/mol. The zero-order valence-electron chi connectivity index (χ0n) is 16.2. The van der Waals surface area contributed by atoms with Crippen LogP contribution in [0.15, 0.2) is 47.4 Å². The molecule has 8 nitrogen and oxygen atoms in total. The van der Waals surface area contributed by atoms with Crippen molar-refractivity contribution in [1.82, 2.24) is 9.21 Å². The first-order chi connectivity index (χ1) is 13.7. The van der Waals surface area contributed by atoms with E-state index < -0.39 is 16.0 Å². The second kappa shape index (κ2) is 8.22. The number of methoxy groups -OCH3 is 1. The first kappa shape index (κ1) is 20.8. The van der Waals surface area contributed by atoms with Gasteiger partial charge in [0.25, 0.3) is 5.91 Å². The molecule has 1 saturated heterocycles. The van der Waals surface area contributed by atoms with Gasteiger partial charge in [0.15, 0.2) is 0 Å². The Morgan fingerprint density at radius 1 is 1.00 bits per heavy atom. The maximum Gasteiger partial charge on any atom is 0.335 e. The summed E-state index contributed by atoms with van der Waals surface area (Å²) in [6.07, 6.45) is 0. The van der Waals surface area contributed by atoms with Gasteiger partial charge in [-0.05, 0) is 48.9 Å². The number of sulfonamides is 1. The molecule has 3 rings (SSSR count). The maximum atomic E-state index is 13.0. The smallest absolute Gasteiger partial charge is 0.335 e. The number of piperazine rings is 1. The van der Waals surface area contributed by atoms with Gasteiger partial charge in [-0.3, -0.25) is 4.79 Å². The molecule has 1 aliphatic heterocycles. The molecule has 154 valence electrons. The number of benzene rings is 2. The topological polar surface area (TPSA) is 104 Å². The number of rotatable bonds is 5. The summed E-state index contributed by atoms with van der Waals surface area (Å²) in [6, 6.07) is 10.6. The van der Waals surface area contributed by atoms with Gasteiger partial charge in [0.1, 0.15) is 5.75 Å². The minimum Gasteiger partial charge on any atom is -0.497 e. The third-order valence-electron chi connectivity index (χ3n) is 4.88. The SMILES string of the molecule is COc1ccc(S(=O)(=O)N2CCN(C(=O)c3cccc(C(=O)O)c3)CC2)c(C)c1. The van der Waals surface area contributed by atoms with Crippen LogP contribution in [-0.4, -0.2) is 67.9 Å². The fourth-order valence-corrected chi connectivity index (χ4v) is 4.90. The maximum absolute atomic E-state index is 13.0. The predicted octanol–water partition coefficient (Wildman–Crippen LogP) is 1.85. The van der Waals surface area contributed by atoms with Gasteiger partial charge in [0.2, 0.25) is 10.0 Å². The Morgan fingerprint density at radius 3 is 2.24 bits per heavy atom. The van der Waals surface area contributed by atoms with E-state index in [0.717, 1.165) is 0 Å². The minimum atomic E-state index is -3.69. The summed E-state index contributed by atoms with van der Waals surface area (Å²) in [4.78, 5) is 25.5. The molecule has 1 heterocycles. The second-order valence-corrected chi connectivity index (χ2v) is 8.62. The molecule has 1 aliphatic rings. The van der Waals surface area contributed by atoms with Crippen LogP contribution in [0.25, 0.3) is 0 Å². The van der Waals surface area contributed by atoms with Crippen LogP contribution in [0, 0.1) is 6.92 Å². The molecular formula is C20H22N2O6S. The van der Waals surface area contributed by atoms with E-state index in [1.807, 2.05) is 0 Å². The van der Waals surface area contributed by atoms with Crippen molar-refractivity contribution in [2.45, 2.75) is 11.8 Å². The Hall–Kier alpha value is -2.91. The standard InChI is InChI=1S/C20H22N2O6S/c1-14-12-17(28-2)6-7-18(14)29(26,27)22-10-8-21(9-11-22)19(23)15-4-3-5-16(13-15)20(24)25/h3-7,12-13H,8-11H2,1-2H3,(H,24,25). The first-order valence-corrected chi connectivity index (χ1v) is 10.5. The number of hydrogen-bond donors (Lipinski definition) is 1. The lowest BCUT2D eigenvalue weighted by atomic mass is 10.1. The summed E-state index contributed by atoms with van der Waals surface area (Å²) >= 11 is 0. The number of aryl methyl sites for hydroxylation is 1. The highest BCUT2D eigenvalue weighted by Crippen LogP contribution is 2.25. The predicted molar refractivity (Wildman–Crippen MR) is 106 cm³/mol. The van der Waals surface area contributed by atoms with Gasteiger partial charge in [-0.2, -0.15) is 4.31 Å². The normalized spacial score (nSPS) is 15.2. The van der Waals surface area contributed by atoms with Crippen LogP contribution in [0.4, 0.5) is 0 Å². The highest BCUT2D eigenvalue weighted by atomic mass is 32.2. The van der Waals surface area contributed by atoms with Gasteiger partial charge < -0.3 is 14.7 Å². The number of carboxylic acid groups (broad SMARTS) is 1. The zero-order chi connectivity index (χ0) is 21.2. The zero-order valence-corrected chi connectivity index (χ0v) is 17.0. The van der Waals surface area contributed by atoms with Crippen LogP contribution in [0.1, 0.15) is 26.3 Å². The van der Waals surface area contributed by atoms with Gasteiger partial charge in [-0.25, -0.2) is 13.2 Å². The minimum absolute atomic E-state index is 0.0343. The Labute approximate surface area is 169 Å². The molecule has 0 unspecified atom stereocenters. The van der Waals surface area contributed by atoms with E-state index in [1.54, 1.807) is 25.1 Å². The van der Waals surface area contributed by atoms with E-state index in [-0.39, 0.29) is 48.1 Å². The van der Waals surface area contributed by atoms with E-state index in [2.05, 4.69) is 0 Å². The third kappa shape index (κ3) is 4.25. The molecule has 0 spiro atoms. The monoisotopic (exact) mass is 418 g/mol. The molecule has 29 heavy (non-hydrogen) atoms. The van der Waals surface area contributed by atoms with Crippen LogP contribution in [-0.2, 0) is 10.0 Å². The average Bonchev–Trinajstić information content (AvgIpc) is 2.73. The Morgan fingerprint density at radius 2 is 1.66 bits per heavy atom. The summed E-state index contributed by atoms with van der Waals surface area (Å²) in [5, 5.41) is 9.08. The second-order valence-electron chi connectivity index (χ2n) is 6.71. The molecule has 0 aliphatic carbocycles. The van der Waals surface area contributed by atoms with Crippen molar-refractivity contribution in [2.24, 2.45) is 0 Å². The molecule has 1 N–H and O–H groups in total. The lowest BCUT2D eigenvalue weighted by Crippen LogP contribution is -2.50. The molecule has 0 aromatic heterocycles. The van der Waals surface area contributed by atoms with E-state index in [0.29, 0.717) is 11.3 Å². The number of amides is 1. The Kier molecular flexibility index (Phi) is 5.90. The van der Waals surface area contributed by atoms with Gasteiger partial charge in [0, 0.05) is 31.7 Å². The Bertz CT molecular complexity index is 1040. The number of carboxylic acids is 1. The van der Waals surface area contributed by atoms with Gasteiger partial charge >= 0.3 is 5.97 Å². The largest absolute Gasteiger partial charge is 0.497 e. The summed E-state index contributed by atoms with van der Waals surface area (Å²) in [5.74, 6) is -0.836. The summed E-state index contributed by atoms with van der Waals surface area (Å²) in [6.45, 7) is 2.50. The van der Waals surface area contributed by atoms with E-state index >= 15 is 0 Å². The third-order valence-corrected chi connectivity index (χ3v) is 6.94.